The molecular formula is C17H27N5O2. The lowest BCUT2D eigenvalue weighted by molar-refractivity contribution is -0.0724. The number of likely N-dealkylation sites (N-methyl/N-ethyl adjacent to an activating group) is 1. The zero-order valence-corrected chi connectivity index (χ0v) is 14.6. The third-order valence-electron chi connectivity index (χ3n) is 4.89. The van der Waals surface area contributed by atoms with Gasteiger partial charge in [0.2, 0.25) is 0 Å². The van der Waals surface area contributed by atoms with Crippen LogP contribution < -0.4 is 0 Å². The second-order valence-corrected chi connectivity index (χ2v) is 6.78. The van der Waals surface area contributed by atoms with E-state index in [1.54, 1.807) is 18.6 Å². The van der Waals surface area contributed by atoms with Gasteiger partial charge < -0.3 is 14.5 Å². The Hall–Kier alpha value is -1.57. The van der Waals surface area contributed by atoms with Crippen molar-refractivity contribution in [2.45, 2.75) is 25.0 Å². The summed E-state index contributed by atoms with van der Waals surface area (Å²) in [7, 11) is 4.21. The molecule has 24 heavy (non-hydrogen) atoms. The summed E-state index contributed by atoms with van der Waals surface area (Å²) in [6.07, 6.45) is 6.75. The summed E-state index contributed by atoms with van der Waals surface area (Å²) in [6.45, 7) is 5.33. The van der Waals surface area contributed by atoms with Crippen LogP contribution in [0.4, 0.5) is 0 Å². The van der Waals surface area contributed by atoms with E-state index < -0.39 is 0 Å². The van der Waals surface area contributed by atoms with Crippen LogP contribution in [-0.2, 0) is 4.74 Å². The van der Waals surface area contributed by atoms with Gasteiger partial charge in [-0.05, 0) is 26.9 Å². The van der Waals surface area contributed by atoms with Gasteiger partial charge in [0.1, 0.15) is 5.69 Å². The molecule has 2 aliphatic heterocycles. The summed E-state index contributed by atoms with van der Waals surface area (Å²) < 4.78 is 6.01. The number of rotatable bonds is 4. The third kappa shape index (κ3) is 4.09. The van der Waals surface area contributed by atoms with E-state index in [0.29, 0.717) is 11.7 Å². The van der Waals surface area contributed by atoms with Crippen molar-refractivity contribution in [3.05, 3.63) is 24.3 Å². The smallest absolute Gasteiger partial charge is 0.274 e. The third-order valence-corrected chi connectivity index (χ3v) is 4.89. The number of nitrogens with zero attached hydrogens (tertiary/aromatic N) is 5. The van der Waals surface area contributed by atoms with Crippen molar-refractivity contribution in [3.63, 3.8) is 0 Å². The fourth-order valence-corrected chi connectivity index (χ4v) is 3.54. The van der Waals surface area contributed by atoms with Crippen LogP contribution in [-0.4, -0.2) is 96.1 Å². The highest BCUT2D eigenvalue weighted by molar-refractivity contribution is 5.91. The van der Waals surface area contributed by atoms with E-state index in [0.717, 1.165) is 52.2 Å². The van der Waals surface area contributed by atoms with E-state index in [1.807, 2.05) is 4.90 Å². The summed E-state index contributed by atoms with van der Waals surface area (Å²) in [4.78, 5) is 27.4. The Balaban J connectivity index is 1.64. The average molecular weight is 333 g/mol. The van der Waals surface area contributed by atoms with Gasteiger partial charge >= 0.3 is 0 Å². The van der Waals surface area contributed by atoms with Gasteiger partial charge in [0.25, 0.3) is 5.91 Å². The van der Waals surface area contributed by atoms with Crippen LogP contribution in [0.5, 0.6) is 0 Å². The Bertz CT molecular complexity index is 539. The Morgan fingerprint density at radius 3 is 2.88 bits per heavy atom. The molecule has 1 aromatic rings. The minimum Gasteiger partial charge on any atom is -0.375 e. The van der Waals surface area contributed by atoms with Gasteiger partial charge in [-0.15, -0.1) is 0 Å². The molecule has 2 fully saturated rings. The predicted molar refractivity (Wildman–Crippen MR) is 90.8 cm³/mol. The van der Waals surface area contributed by atoms with Crippen LogP contribution in [0.2, 0.25) is 0 Å². The van der Waals surface area contributed by atoms with E-state index in [2.05, 4.69) is 33.9 Å². The molecule has 7 nitrogen and oxygen atoms in total. The number of hydrogen-bond donors (Lipinski definition) is 0. The first kappa shape index (κ1) is 17.3. The van der Waals surface area contributed by atoms with E-state index in [1.165, 1.54) is 0 Å². The lowest BCUT2D eigenvalue weighted by atomic mass is 10.0. The maximum Gasteiger partial charge on any atom is 0.274 e. The van der Waals surface area contributed by atoms with E-state index >= 15 is 0 Å². The summed E-state index contributed by atoms with van der Waals surface area (Å²) in [5.74, 6) is -0.0263. The van der Waals surface area contributed by atoms with Crippen LogP contribution in [0.15, 0.2) is 18.6 Å². The highest BCUT2D eigenvalue weighted by atomic mass is 16.5. The molecule has 0 aliphatic carbocycles. The van der Waals surface area contributed by atoms with E-state index in [-0.39, 0.29) is 12.0 Å². The number of likely N-dealkylation sites (tertiary alicyclic amines) is 1. The minimum atomic E-state index is -0.0263. The molecule has 1 aromatic heterocycles. The second-order valence-electron chi connectivity index (χ2n) is 6.78. The van der Waals surface area contributed by atoms with Gasteiger partial charge in [-0.2, -0.15) is 0 Å². The first-order valence-corrected chi connectivity index (χ1v) is 8.71. The molecule has 3 heterocycles. The van der Waals surface area contributed by atoms with Crippen molar-refractivity contribution in [3.8, 4) is 0 Å². The van der Waals surface area contributed by atoms with Gasteiger partial charge in [0, 0.05) is 51.2 Å². The molecule has 2 aliphatic rings. The maximum absolute atomic E-state index is 12.6. The fraction of sp³-hybridized carbons (Fsp3) is 0.706. The van der Waals surface area contributed by atoms with Crippen molar-refractivity contribution < 1.29 is 9.53 Å². The summed E-state index contributed by atoms with van der Waals surface area (Å²) in [6, 6.07) is 0.401. The number of carbonyl (C=O) groups is 1. The van der Waals surface area contributed by atoms with Crippen molar-refractivity contribution >= 4 is 5.91 Å². The van der Waals surface area contributed by atoms with E-state index in [4.69, 9.17) is 4.74 Å². The van der Waals surface area contributed by atoms with Crippen molar-refractivity contribution in [2.75, 3.05) is 53.4 Å². The fourth-order valence-electron chi connectivity index (χ4n) is 3.54. The van der Waals surface area contributed by atoms with Crippen molar-refractivity contribution in [1.82, 2.24) is 24.7 Å². The molecule has 132 valence electrons. The lowest BCUT2D eigenvalue weighted by Gasteiger charge is -2.40. The topological polar surface area (TPSA) is 61.8 Å². The lowest BCUT2D eigenvalue weighted by Crippen LogP contribution is -2.52. The molecule has 7 heteroatoms. The molecule has 1 amide bonds. The minimum absolute atomic E-state index is 0.0263. The Kier molecular flexibility index (Phi) is 5.76. The zero-order chi connectivity index (χ0) is 16.9. The Labute approximate surface area is 143 Å². The SMILES string of the molecule is CN(C)CCN1CCOC2CCN(C(=O)c3cnccn3)CCC21. The largest absolute Gasteiger partial charge is 0.375 e. The first-order chi connectivity index (χ1) is 11.6. The molecule has 0 radical (unpaired) electrons. The molecule has 0 N–H and O–H groups in total. The van der Waals surface area contributed by atoms with E-state index in [9.17, 15) is 4.79 Å². The number of morpholine rings is 1. The molecular weight excluding hydrogens is 306 g/mol. The summed E-state index contributed by atoms with van der Waals surface area (Å²) in [5, 5.41) is 0. The van der Waals surface area contributed by atoms with Crippen LogP contribution in [0.1, 0.15) is 23.3 Å². The number of hydrogen-bond acceptors (Lipinski definition) is 6. The normalized spacial score (nSPS) is 25.4. The standard InChI is InChI=1S/C17H27N5O2/c1-20(2)9-10-21-11-12-24-16-4-8-22(7-3-15(16)21)17(23)14-13-18-5-6-19-14/h5-6,13,15-16H,3-4,7-12H2,1-2H3. The van der Waals surface area contributed by atoms with Gasteiger partial charge in [-0.1, -0.05) is 0 Å². The zero-order valence-electron chi connectivity index (χ0n) is 14.6. The molecule has 0 bridgehead atoms. The number of carbonyl (C=O) groups excluding carboxylic acids is 1. The molecule has 0 saturated carbocycles. The molecule has 2 unspecified atom stereocenters. The van der Waals surface area contributed by atoms with Crippen molar-refractivity contribution in [1.29, 1.82) is 0 Å². The van der Waals surface area contributed by atoms with Gasteiger partial charge in [0.05, 0.1) is 18.9 Å². The number of amides is 1. The number of ether oxygens (including phenoxy) is 1. The quantitative estimate of drug-likeness (QED) is 0.792. The highest BCUT2D eigenvalue weighted by Crippen LogP contribution is 2.24. The molecule has 0 spiro atoms. The van der Waals surface area contributed by atoms with Crippen LogP contribution in [0, 0.1) is 0 Å². The van der Waals surface area contributed by atoms with Gasteiger partial charge in [0.15, 0.2) is 0 Å². The van der Waals surface area contributed by atoms with Gasteiger partial charge in [-0.3, -0.25) is 14.7 Å². The molecule has 0 aromatic carbocycles. The molecule has 3 rings (SSSR count). The maximum atomic E-state index is 12.6. The number of fused-ring (bicyclic) bond motifs is 1. The second kappa shape index (κ2) is 8.00. The molecule has 2 atom stereocenters. The van der Waals surface area contributed by atoms with Crippen LogP contribution in [0.3, 0.4) is 0 Å². The first-order valence-electron chi connectivity index (χ1n) is 8.71. The van der Waals surface area contributed by atoms with Crippen LogP contribution >= 0.6 is 0 Å². The van der Waals surface area contributed by atoms with Gasteiger partial charge in [-0.25, -0.2) is 4.98 Å². The predicted octanol–water partition coefficient (Wildman–Crippen LogP) is 0.344. The highest BCUT2D eigenvalue weighted by Gasteiger charge is 2.35. The Morgan fingerprint density at radius 2 is 2.12 bits per heavy atom. The average Bonchev–Trinajstić information content (AvgIpc) is 2.83. The Morgan fingerprint density at radius 1 is 1.29 bits per heavy atom. The monoisotopic (exact) mass is 333 g/mol. The van der Waals surface area contributed by atoms with Crippen molar-refractivity contribution in [2.24, 2.45) is 0 Å². The number of aromatic nitrogens is 2. The summed E-state index contributed by atoms with van der Waals surface area (Å²) >= 11 is 0. The molecule has 2 saturated heterocycles. The summed E-state index contributed by atoms with van der Waals surface area (Å²) in [5.41, 5.74) is 0.424. The van der Waals surface area contributed by atoms with Crippen LogP contribution in [0.25, 0.3) is 0 Å².